The van der Waals surface area contributed by atoms with Gasteiger partial charge in [0.05, 0.1) is 4.90 Å². The molecule has 120 valence electrons. The molecule has 0 aromatic heterocycles. The molecule has 0 aliphatic carbocycles. The molecule has 0 unspecified atom stereocenters. The molecule has 6 nitrogen and oxygen atoms in total. The van der Waals surface area contributed by atoms with Crippen LogP contribution in [0.2, 0.25) is 0 Å². The fourth-order valence-corrected chi connectivity index (χ4v) is 3.61. The third kappa shape index (κ3) is 3.33. The monoisotopic (exact) mass is 443 g/mol. The Morgan fingerprint density at radius 3 is 2.39 bits per heavy atom. The van der Waals surface area contributed by atoms with Crippen LogP contribution in [-0.2, 0) is 10.0 Å². The van der Waals surface area contributed by atoms with Crippen LogP contribution in [0.3, 0.4) is 0 Å². The highest BCUT2D eigenvalue weighted by Gasteiger charge is 2.23. The Morgan fingerprint density at radius 2 is 1.83 bits per heavy atom. The highest BCUT2D eigenvalue weighted by Crippen LogP contribution is 2.32. The van der Waals surface area contributed by atoms with Crippen molar-refractivity contribution in [1.82, 2.24) is 5.32 Å². The van der Waals surface area contributed by atoms with E-state index >= 15 is 0 Å². The van der Waals surface area contributed by atoms with E-state index in [2.05, 4.69) is 27.9 Å². The summed E-state index contributed by atoms with van der Waals surface area (Å²) >= 11 is 2.18. The van der Waals surface area contributed by atoms with Gasteiger partial charge in [-0.05, 0) is 58.5 Å². The van der Waals surface area contributed by atoms with Gasteiger partial charge in [-0.15, -0.1) is 0 Å². The first-order valence-electron chi connectivity index (χ1n) is 6.84. The molecule has 1 heterocycles. The Bertz CT molecular complexity index is 866. The minimum atomic E-state index is -3.87. The summed E-state index contributed by atoms with van der Waals surface area (Å²) in [5.74, 6) is 0. The van der Waals surface area contributed by atoms with E-state index in [9.17, 15) is 13.2 Å². The lowest BCUT2D eigenvalue weighted by atomic mass is 10.0. The number of amides is 2. The second kappa shape index (κ2) is 6.10. The molecule has 0 spiro atoms. The molecule has 0 saturated carbocycles. The first-order valence-corrected chi connectivity index (χ1v) is 9.47. The molecule has 3 rings (SSSR count). The molecular weight excluding hydrogens is 429 g/mol. The van der Waals surface area contributed by atoms with Crippen LogP contribution in [0, 0.1) is 3.57 Å². The zero-order valence-corrected chi connectivity index (χ0v) is 15.0. The quantitative estimate of drug-likeness (QED) is 0.713. The topological polar surface area (TPSA) is 92.5 Å². The molecule has 2 aromatic carbocycles. The Balaban J connectivity index is 2.16. The summed E-state index contributed by atoms with van der Waals surface area (Å²) in [6.07, 6.45) is 0. The van der Waals surface area contributed by atoms with Gasteiger partial charge in [-0.3, -0.25) is 4.90 Å². The van der Waals surface area contributed by atoms with Crippen LogP contribution >= 0.6 is 22.6 Å². The summed E-state index contributed by atoms with van der Waals surface area (Å²) in [6, 6.07) is 12.0. The number of nitrogens with zero attached hydrogens (tertiary/aromatic N) is 1. The van der Waals surface area contributed by atoms with E-state index in [0.717, 1.165) is 9.13 Å². The maximum atomic E-state index is 11.9. The highest BCUT2D eigenvalue weighted by atomic mass is 127. The normalized spacial score (nSPS) is 14.9. The van der Waals surface area contributed by atoms with Gasteiger partial charge in [-0.2, -0.15) is 0 Å². The number of benzene rings is 2. The number of rotatable bonds is 3. The minimum Gasteiger partial charge on any atom is -0.336 e. The molecule has 8 heteroatoms. The van der Waals surface area contributed by atoms with Gasteiger partial charge >= 0.3 is 6.03 Å². The molecule has 0 radical (unpaired) electrons. The number of hydrogen-bond acceptors (Lipinski definition) is 3. The average Bonchev–Trinajstić information content (AvgIpc) is 2.93. The van der Waals surface area contributed by atoms with Crippen molar-refractivity contribution in [3.8, 4) is 11.1 Å². The van der Waals surface area contributed by atoms with Crippen LogP contribution in [0.1, 0.15) is 0 Å². The van der Waals surface area contributed by atoms with E-state index in [-0.39, 0.29) is 10.9 Å². The molecule has 1 aliphatic rings. The predicted molar refractivity (Wildman–Crippen MR) is 96.7 cm³/mol. The number of halogens is 1. The lowest BCUT2D eigenvalue weighted by Crippen LogP contribution is -2.27. The maximum Gasteiger partial charge on any atom is 0.321 e. The van der Waals surface area contributed by atoms with E-state index in [0.29, 0.717) is 24.3 Å². The van der Waals surface area contributed by atoms with Gasteiger partial charge in [0, 0.05) is 27.9 Å². The Hall–Kier alpha value is -1.65. The number of anilines is 1. The van der Waals surface area contributed by atoms with Crippen molar-refractivity contribution < 1.29 is 13.2 Å². The smallest absolute Gasteiger partial charge is 0.321 e. The van der Waals surface area contributed by atoms with Crippen LogP contribution < -0.4 is 15.4 Å². The number of primary sulfonamides is 1. The van der Waals surface area contributed by atoms with Crippen molar-refractivity contribution in [2.24, 2.45) is 5.14 Å². The van der Waals surface area contributed by atoms with Crippen molar-refractivity contribution in [2.75, 3.05) is 18.0 Å². The third-order valence-corrected chi connectivity index (χ3v) is 5.28. The lowest BCUT2D eigenvalue weighted by molar-refractivity contribution is 0.252. The predicted octanol–water partition coefficient (Wildman–Crippen LogP) is 2.14. The van der Waals surface area contributed by atoms with Crippen molar-refractivity contribution in [3.05, 3.63) is 46.0 Å². The zero-order chi connectivity index (χ0) is 16.6. The molecule has 2 amide bonds. The molecule has 3 N–H and O–H groups in total. The van der Waals surface area contributed by atoms with E-state index in [1.54, 1.807) is 17.0 Å². The van der Waals surface area contributed by atoms with Gasteiger partial charge in [0.2, 0.25) is 10.0 Å². The van der Waals surface area contributed by atoms with Crippen LogP contribution in [0.25, 0.3) is 11.1 Å². The number of carbonyl (C=O) groups excluding carboxylic acids is 1. The second-order valence-electron chi connectivity index (χ2n) is 5.12. The third-order valence-electron chi connectivity index (χ3n) is 3.59. The molecule has 1 saturated heterocycles. The minimum absolute atomic E-state index is 0.0436. The van der Waals surface area contributed by atoms with Gasteiger partial charge in [0.25, 0.3) is 0 Å². The maximum absolute atomic E-state index is 11.9. The first-order chi connectivity index (χ1) is 10.9. The Kier molecular flexibility index (Phi) is 4.30. The summed E-state index contributed by atoms with van der Waals surface area (Å²) < 4.78 is 24.8. The zero-order valence-electron chi connectivity index (χ0n) is 12.0. The molecule has 2 aromatic rings. The molecular formula is C15H14IN3O3S. The fraction of sp³-hybridized carbons (Fsp3) is 0.133. The Labute approximate surface area is 147 Å². The number of nitrogens with two attached hydrogens (primary N) is 1. The van der Waals surface area contributed by atoms with Crippen LogP contribution in [0.5, 0.6) is 0 Å². The van der Waals surface area contributed by atoms with E-state index in [1.807, 2.05) is 24.3 Å². The van der Waals surface area contributed by atoms with E-state index in [4.69, 9.17) is 5.14 Å². The number of carbonyl (C=O) groups is 1. The SMILES string of the molecule is NS(=O)(=O)c1ccc(N2CCNC2=O)cc1-c1ccc(I)cc1. The summed E-state index contributed by atoms with van der Waals surface area (Å²) in [5, 5.41) is 8.06. The van der Waals surface area contributed by atoms with E-state index < -0.39 is 10.0 Å². The molecule has 0 bridgehead atoms. The molecule has 23 heavy (non-hydrogen) atoms. The van der Waals surface area contributed by atoms with Crippen LogP contribution in [0.15, 0.2) is 47.4 Å². The van der Waals surface area contributed by atoms with Crippen molar-refractivity contribution in [3.63, 3.8) is 0 Å². The average molecular weight is 443 g/mol. The van der Waals surface area contributed by atoms with Gasteiger partial charge < -0.3 is 5.32 Å². The Morgan fingerprint density at radius 1 is 1.13 bits per heavy atom. The fourth-order valence-electron chi connectivity index (χ4n) is 2.51. The van der Waals surface area contributed by atoms with Gasteiger partial charge in [0.15, 0.2) is 0 Å². The van der Waals surface area contributed by atoms with Crippen LogP contribution in [-0.4, -0.2) is 27.5 Å². The largest absolute Gasteiger partial charge is 0.336 e. The highest BCUT2D eigenvalue weighted by molar-refractivity contribution is 14.1. The summed E-state index contributed by atoms with van der Waals surface area (Å²) in [4.78, 5) is 13.4. The van der Waals surface area contributed by atoms with Gasteiger partial charge in [0.1, 0.15) is 0 Å². The summed E-state index contributed by atoms with van der Waals surface area (Å²) in [5.41, 5.74) is 1.86. The summed E-state index contributed by atoms with van der Waals surface area (Å²) in [6.45, 7) is 1.11. The molecule has 1 fully saturated rings. The standard InChI is InChI=1S/C15H14IN3O3S/c16-11-3-1-10(2-4-11)13-9-12(19-8-7-18-15(19)20)5-6-14(13)23(17,21)22/h1-6,9H,7-8H2,(H,18,20)(H2,17,21,22). The van der Waals surface area contributed by atoms with Gasteiger partial charge in [-0.1, -0.05) is 12.1 Å². The van der Waals surface area contributed by atoms with Crippen molar-refractivity contribution in [2.45, 2.75) is 4.90 Å². The van der Waals surface area contributed by atoms with Crippen molar-refractivity contribution >= 4 is 44.3 Å². The summed E-state index contributed by atoms with van der Waals surface area (Å²) in [7, 11) is -3.87. The number of nitrogens with one attached hydrogen (secondary N) is 1. The van der Waals surface area contributed by atoms with E-state index in [1.165, 1.54) is 6.07 Å². The lowest BCUT2D eigenvalue weighted by Gasteiger charge is -2.17. The number of urea groups is 1. The van der Waals surface area contributed by atoms with Crippen LogP contribution in [0.4, 0.5) is 10.5 Å². The molecule has 0 atom stereocenters. The first kappa shape index (κ1) is 16.2. The molecule has 1 aliphatic heterocycles. The van der Waals surface area contributed by atoms with Crippen molar-refractivity contribution in [1.29, 1.82) is 0 Å². The second-order valence-corrected chi connectivity index (χ2v) is 7.89. The van der Waals surface area contributed by atoms with Gasteiger partial charge in [-0.25, -0.2) is 18.4 Å². The number of sulfonamides is 1. The number of hydrogen-bond donors (Lipinski definition) is 2.